The monoisotopic (exact) mass is 544 g/mol. The first-order valence-electron chi connectivity index (χ1n) is 15.0. The average molecular weight is 545 g/mol. The van der Waals surface area contributed by atoms with E-state index in [1.54, 1.807) is 42.6 Å². The highest BCUT2D eigenvalue weighted by Crippen LogP contribution is 2.18. The molecule has 0 saturated heterocycles. The molecule has 7 heteroatoms. The number of rotatable bonds is 20. The lowest BCUT2D eigenvalue weighted by Crippen LogP contribution is -2.08. The van der Waals surface area contributed by atoms with Crippen molar-refractivity contribution in [2.45, 2.75) is 96.8 Å². The lowest BCUT2D eigenvalue weighted by Gasteiger charge is -2.08. The summed E-state index contributed by atoms with van der Waals surface area (Å²) in [4.78, 5) is 20.7. The van der Waals surface area contributed by atoms with E-state index >= 15 is 0 Å². The van der Waals surface area contributed by atoms with Crippen molar-refractivity contribution in [2.75, 3.05) is 6.61 Å². The van der Waals surface area contributed by atoms with Gasteiger partial charge in [0.05, 0.1) is 24.6 Å². The highest BCUT2D eigenvalue weighted by Gasteiger charge is 2.09. The van der Waals surface area contributed by atoms with Crippen LogP contribution >= 0.6 is 0 Å². The number of ether oxygens (including phenoxy) is 2. The van der Waals surface area contributed by atoms with Crippen molar-refractivity contribution in [3.05, 3.63) is 72.1 Å². The van der Waals surface area contributed by atoms with E-state index in [0.29, 0.717) is 17.9 Å². The molecule has 2 aromatic carbocycles. The van der Waals surface area contributed by atoms with Gasteiger partial charge in [-0.05, 0) is 60.5 Å². The van der Waals surface area contributed by atoms with Gasteiger partial charge < -0.3 is 9.47 Å². The van der Waals surface area contributed by atoms with Gasteiger partial charge in [-0.2, -0.15) is 5.10 Å². The van der Waals surface area contributed by atoms with Gasteiger partial charge in [0.15, 0.2) is 0 Å². The van der Waals surface area contributed by atoms with Crippen molar-refractivity contribution in [1.82, 2.24) is 15.2 Å². The number of carbonyl (C=O) groups is 1. The highest BCUT2D eigenvalue weighted by molar-refractivity contribution is 5.91. The average Bonchev–Trinajstić information content (AvgIpc) is 2.99. The Morgan fingerprint density at radius 3 is 1.88 bits per heavy atom. The molecule has 0 N–H and O–H groups in total. The standard InChI is InChI=1S/C33H44N4O3/c1-2-3-4-5-6-7-8-9-10-11-12-13-14-15-26-39-30-22-18-29(19-23-30)32(38)40-31-20-16-28(17-21-31)27-35-33-34-24-25-36-37-33/h16-25,27H,2-15,26H2,1H3/b35-27+. The van der Waals surface area contributed by atoms with Crippen LogP contribution in [0.1, 0.15) is 113 Å². The zero-order valence-corrected chi connectivity index (χ0v) is 24.0. The molecule has 7 nitrogen and oxygen atoms in total. The van der Waals surface area contributed by atoms with Crippen LogP contribution < -0.4 is 9.47 Å². The first kappa shape index (κ1) is 30.9. The van der Waals surface area contributed by atoms with Crippen molar-refractivity contribution < 1.29 is 14.3 Å². The summed E-state index contributed by atoms with van der Waals surface area (Å²) in [5, 5.41) is 7.54. The molecule has 0 radical (unpaired) electrons. The Balaban J connectivity index is 1.23. The Bertz CT molecular complexity index is 1100. The van der Waals surface area contributed by atoms with Gasteiger partial charge >= 0.3 is 5.97 Å². The molecule has 3 rings (SSSR count). The lowest BCUT2D eigenvalue weighted by atomic mass is 10.0. The number of hydrogen-bond donors (Lipinski definition) is 0. The summed E-state index contributed by atoms with van der Waals surface area (Å²) >= 11 is 0. The first-order chi connectivity index (χ1) is 19.7. The molecule has 0 bridgehead atoms. The molecule has 40 heavy (non-hydrogen) atoms. The zero-order valence-electron chi connectivity index (χ0n) is 24.0. The van der Waals surface area contributed by atoms with E-state index in [9.17, 15) is 4.79 Å². The smallest absolute Gasteiger partial charge is 0.343 e. The molecule has 214 valence electrons. The summed E-state index contributed by atoms with van der Waals surface area (Å²) in [7, 11) is 0. The van der Waals surface area contributed by atoms with Crippen molar-refractivity contribution >= 4 is 18.1 Å². The van der Waals surface area contributed by atoms with Crippen molar-refractivity contribution in [3.8, 4) is 11.5 Å². The van der Waals surface area contributed by atoms with Crippen molar-refractivity contribution in [2.24, 2.45) is 4.99 Å². The Morgan fingerprint density at radius 2 is 1.30 bits per heavy atom. The van der Waals surface area contributed by atoms with Crippen LogP contribution in [0.15, 0.2) is 65.9 Å². The van der Waals surface area contributed by atoms with E-state index in [1.165, 1.54) is 95.9 Å². The molecule has 0 saturated carbocycles. The van der Waals surface area contributed by atoms with Crippen LogP contribution in [0.3, 0.4) is 0 Å². The molecule has 0 unspecified atom stereocenters. The summed E-state index contributed by atoms with van der Waals surface area (Å²) in [6.07, 6.45) is 23.4. The second-order valence-electron chi connectivity index (χ2n) is 10.1. The van der Waals surface area contributed by atoms with Crippen molar-refractivity contribution in [1.29, 1.82) is 0 Å². The quantitative estimate of drug-likeness (QED) is 0.0612. The SMILES string of the molecule is CCCCCCCCCCCCCCCCOc1ccc(C(=O)Oc2ccc(/C=N/c3nccnn3)cc2)cc1. The van der Waals surface area contributed by atoms with E-state index in [2.05, 4.69) is 27.1 Å². The van der Waals surface area contributed by atoms with Gasteiger partial charge in [0.25, 0.3) is 5.95 Å². The molecule has 0 aliphatic rings. The fourth-order valence-corrected chi connectivity index (χ4v) is 4.39. The minimum absolute atomic E-state index is 0.282. The van der Waals surface area contributed by atoms with Gasteiger partial charge in [0, 0.05) is 6.21 Å². The summed E-state index contributed by atoms with van der Waals surface area (Å²) in [6.45, 7) is 2.97. The van der Waals surface area contributed by atoms with Gasteiger partial charge in [-0.3, -0.25) is 0 Å². The Hall–Kier alpha value is -3.61. The fourth-order valence-electron chi connectivity index (χ4n) is 4.39. The van der Waals surface area contributed by atoms with Crippen LogP contribution in [-0.4, -0.2) is 34.0 Å². The van der Waals surface area contributed by atoms with Crippen LogP contribution in [0, 0.1) is 0 Å². The predicted molar refractivity (Wildman–Crippen MR) is 161 cm³/mol. The molecular weight excluding hydrogens is 500 g/mol. The molecule has 3 aromatic rings. The molecular formula is C33H44N4O3. The third-order valence-electron chi connectivity index (χ3n) is 6.75. The highest BCUT2D eigenvalue weighted by atomic mass is 16.5. The summed E-state index contributed by atoms with van der Waals surface area (Å²) < 4.78 is 11.3. The number of aliphatic imine (C=N–C) groups is 1. The molecule has 1 heterocycles. The number of esters is 1. The molecule has 0 atom stereocenters. The summed E-state index contributed by atoms with van der Waals surface area (Å²) in [5.41, 5.74) is 1.30. The molecule has 0 amide bonds. The molecule has 0 spiro atoms. The second kappa shape index (κ2) is 19.4. The maximum atomic E-state index is 12.5. The van der Waals surface area contributed by atoms with E-state index in [0.717, 1.165) is 17.7 Å². The number of nitrogens with zero attached hydrogens (tertiary/aromatic N) is 4. The van der Waals surface area contributed by atoms with E-state index in [-0.39, 0.29) is 5.95 Å². The zero-order chi connectivity index (χ0) is 28.1. The Morgan fingerprint density at radius 1 is 0.725 bits per heavy atom. The van der Waals surface area contributed by atoms with Gasteiger partial charge in [-0.15, -0.1) is 5.10 Å². The normalized spacial score (nSPS) is 11.1. The molecule has 0 fully saturated rings. The van der Waals surface area contributed by atoms with E-state index in [1.807, 2.05) is 12.1 Å². The molecule has 1 aromatic heterocycles. The molecule has 0 aliphatic carbocycles. The van der Waals surface area contributed by atoms with Crippen LogP contribution in [-0.2, 0) is 0 Å². The minimum atomic E-state index is -0.413. The van der Waals surface area contributed by atoms with Crippen LogP contribution in [0.2, 0.25) is 0 Å². The van der Waals surface area contributed by atoms with E-state index < -0.39 is 5.97 Å². The lowest BCUT2D eigenvalue weighted by molar-refractivity contribution is 0.0734. The maximum Gasteiger partial charge on any atom is 0.343 e. The maximum absolute atomic E-state index is 12.5. The summed E-state index contributed by atoms with van der Waals surface area (Å²) in [6, 6.07) is 14.2. The number of benzene rings is 2. The van der Waals surface area contributed by atoms with Gasteiger partial charge in [-0.1, -0.05) is 90.4 Å². The second-order valence-corrected chi connectivity index (χ2v) is 10.1. The number of carbonyl (C=O) groups excluding carboxylic acids is 1. The fraction of sp³-hybridized carbons (Fsp3) is 0.485. The predicted octanol–water partition coefficient (Wildman–Crippen LogP) is 8.70. The largest absolute Gasteiger partial charge is 0.494 e. The Kier molecular flexibility index (Phi) is 15.0. The van der Waals surface area contributed by atoms with Gasteiger partial charge in [-0.25, -0.2) is 14.8 Å². The number of unbranched alkanes of at least 4 members (excludes halogenated alkanes) is 13. The topological polar surface area (TPSA) is 86.6 Å². The first-order valence-corrected chi connectivity index (χ1v) is 15.0. The van der Waals surface area contributed by atoms with Crippen LogP contribution in [0.5, 0.6) is 11.5 Å². The van der Waals surface area contributed by atoms with Crippen molar-refractivity contribution in [3.63, 3.8) is 0 Å². The number of aromatic nitrogens is 3. The van der Waals surface area contributed by atoms with Crippen LogP contribution in [0.25, 0.3) is 0 Å². The van der Waals surface area contributed by atoms with Crippen LogP contribution in [0.4, 0.5) is 5.95 Å². The molecule has 0 aliphatic heterocycles. The number of hydrogen-bond acceptors (Lipinski definition) is 7. The third kappa shape index (κ3) is 13.0. The third-order valence-corrected chi connectivity index (χ3v) is 6.75. The van der Waals surface area contributed by atoms with Gasteiger partial charge in [0.2, 0.25) is 0 Å². The minimum Gasteiger partial charge on any atom is -0.494 e. The summed E-state index contributed by atoms with van der Waals surface area (Å²) in [5.74, 6) is 1.10. The Labute approximate surface area is 239 Å². The van der Waals surface area contributed by atoms with Gasteiger partial charge in [0.1, 0.15) is 11.5 Å². The van der Waals surface area contributed by atoms with E-state index in [4.69, 9.17) is 9.47 Å².